The van der Waals surface area contributed by atoms with Gasteiger partial charge in [0.25, 0.3) is 5.91 Å². The molecule has 3 atom stereocenters. The molecule has 0 unspecified atom stereocenters. The topological polar surface area (TPSA) is 64.6 Å². The first kappa shape index (κ1) is 19.2. The van der Waals surface area contributed by atoms with Crippen molar-refractivity contribution in [2.24, 2.45) is 11.8 Å². The number of ether oxygens (including phenoxy) is 2. The minimum atomic E-state index is -0.558. The van der Waals surface area contributed by atoms with Crippen molar-refractivity contribution in [1.82, 2.24) is 5.32 Å². The lowest BCUT2D eigenvalue weighted by Crippen LogP contribution is -2.45. The van der Waals surface area contributed by atoms with Gasteiger partial charge in [-0.3, -0.25) is 4.79 Å². The normalized spacial score (nSPS) is 22.3. The lowest BCUT2D eigenvalue weighted by atomic mass is 9.78. The van der Waals surface area contributed by atoms with Gasteiger partial charge in [-0.25, -0.2) is 4.79 Å². The first-order valence-electron chi connectivity index (χ1n) is 9.53. The van der Waals surface area contributed by atoms with Crippen LogP contribution in [0.15, 0.2) is 36.4 Å². The number of rotatable bonds is 5. The summed E-state index contributed by atoms with van der Waals surface area (Å²) in [6.07, 6.45) is 3.29. The second-order valence-electron chi connectivity index (χ2n) is 7.42. The quantitative estimate of drug-likeness (QED) is 0.811. The smallest absolute Gasteiger partial charge is 0.342 e. The molecule has 1 amide bonds. The molecule has 2 aromatic rings. The van der Waals surface area contributed by atoms with Crippen LogP contribution in [0.1, 0.15) is 43.5 Å². The number of carbonyl (C=O) groups excluding carboxylic acids is 2. The maximum atomic E-state index is 12.5. The van der Waals surface area contributed by atoms with Crippen LogP contribution in [0.25, 0.3) is 10.8 Å². The van der Waals surface area contributed by atoms with E-state index >= 15 is 0 Å². The molecule has 5 nitrogen and oxygen atoms in total. The largest absolute Gasteiger partial charge is 0.496 e. The fraction of sp³-hybridized carbons (Fsp3) is 0.455. The average Bonchev–Trinajstić information content (AvgIpc) is 2.68. The van der Waals surface area contributed by atoms with Gasteiger partial charge >= 0.3 is 5.97 Å². The number of fused-ring (bicyclic) bond motifs is 1. The van der Waals surface area contributed by atoms with Gasteiger partial charge in [0, 0.05) is 6.04 Å². The van der Waals surface area contributed by atoms with Crippen LogP contribution in [-0.2, 0) is 9.53 Å². The van der Waals surface area contributed by atoms with Crippen molar-refractivity contribution in [2.75, 3.05) is 13.7 Å². The van der Waals surface area contributed by atoms with Crippen LogP contribution in [0, 0.1) is 11.8 Å². The molecule has 3 rings (SSSR count). The van der Waals surface area contributed by atoms with Gasteiger partial charge in [0.2, 0.25) is 0 Å². The molecule has 1 aliphatic rings. The number of methoxy groups -OCH3 is 1. The van der Waals surface area contributed by atoms with E-state index in [0.29, 0.717) is 23.1 Å². The molecular weight excluding hydrogens is 342 g/mol. The average molecular weight is 369 g/mol. The summed E-state index contributed by atoms with van der Waals surface area (Å²) in [7, 11) is 1.51. The zero-order valence-corrected chi connectivity index (χ0v) is 16.2. The standard InChI is InChI=1S/C22H27NO4/c1-14-7-6-10-19(15(14)2)23-21(24)13-27-22(25)18-11-16-8-4-5-9-17(16)12-20(18)26-3/h4-5,8-9,11-12,14-15,19H,6-7,10,13H2,1-3H3,(H,23,24)/t14-,15+,19+/m0/s1. The lowest BCUT2D eigenvalue weighted by Gasteiger charge is -2.34. The molecule has 0 spiro atoms. The Kier molecular flexibility index (Phi) is 5.99. The number of hydrogen-bond donors (Lipinski definition) is 1. The second-order valence-corrected chi connectivity index (χ2v) is 7.42. The first-order chi connectivity index (χ1) is 13.0. The fourth-order valence-electron chi connectivity index (χ4n) is 3.79. The minimum absolute atomic E-state index is 0.148. The summed E-state index contributed by atoms with van der Waals surface area (Å²) in [5, 5.41) is 4.91. The number of hydrogen-bond acceptors (Lipinski definition) is 4. The van der Waals surface area contributed by atoms with Crippen molar-refractivity contribution in [3.05, 3.63) is 42.0 Å². The molecule has 27 heavy (non-hydrogen) atoms. The Labute approximate surface area is 160 Å². The molecule has 144 valence electrons. The van der Waals surface area contributed by atoms with Crippen LogP contribution in [-0.4, -0.2) is 31.6 Å². The zero-order chi connectivity index (χ0) is 19.4. The Morgan fingerprint density at radius 2 is 1.81 bits per heavy atom. The molecule has 0 bridgehead atoms. The highest BCUT2D eigenvalue weighted by Gasteiger charge is 2.28. The van der Waals surface area contributed by atoms with Gasteiger partial charge in [0.05, 0.1) is 7.11 Å². The van der Waals surface area contributed by atoms with Gasteiger partial charge in [-0.1, -0.05) is 51.0 Å². The van der Waals surface area contributed by atoms with Crippen molar-refractivity contribution in [3.8, 4) is 5.75 Å². The highest BCUT2D eigenvalue weighted by molar-refractivity contribution is 5.99. The number of benzene rings is 2. The molecule has 5 heteroatoms. The highest BCUT2D eigenvalue weighted by atomic mass is 16.5. The summed E-state index contributed by atoms with van der Waals surface area (Å²) in [6, 6.07) is 11.4. The maximum absolute atomic E-state index is 12.5. The fourth-order valence-corrected chi connectivity index (χ4v) is 3.79. The van der Waals surface area contributed by atoms with E-state index in [1.807, 2.05) is 24.3 Å². The van der Waals surface area contributed by atoms with Crippen LogP contribution in [0.2, 0.25) is 0 Å². The molecule has 0 radical (unpaired) electrons. The van der Waals surface area contributed by atoms with Crippen LogP contribution < -0.4 is 10.1 Å². The van der Waals surface area contributed by atoms with Crippen molar-refractivity contribution in [2.45, 2.75) is 39.2 Å². The molecular formula is C22H27NO4. The third-order valence-corrected chi connectivity index (χ3v) is 5.68. The van der Waals surface area contributed by atoms with E-state index in [-0.39, 0.29) is 18.6 Å². The monoisotopic (exact) mass is 369 g/mol. The maximum Gasteiger partial charge on any atom is 0.342 e. The van der Waals surface area contributed by atoms with Gasteiger partial charge in [0.1, 0.15) is 11.3 Å². The summed E-state index contributed by atoms with van der Waals surface area (Å²) < 4.78 is 10.6. The van der Waals surface area contributed by atoms with Gasteiger partial charge < -0.3 is 14.8 Å². The minimum Gasteiger partial charge on any atom is -0.496 e. The van der Waals surface area contributed by atoms with Crippen LogP contribution in [0.3, 0.4) is 0 Å². The highest BCUT2D eigenvalue weighted by Crippen LogP contribution is 2.29. The summed E-state index contributed by atoms with van der Waals surface area (Å²) >= 11 is 0. The zero-order valence-electron chi connectivity index (χ0n) is 16.2. The Morgan fingerprint density at radius 3 is 2.52 bits per heavy atom. The molecule has 1 aliphatic carbocycles. The SMILES string of the molecule is COc1cc2ccccc2cc1C(=O)OCC(=O)N[C@@H]1CCC[C@H](C)[C@H]1C. The van der Waals surface area contributed by atoms with Crippen molar-refractivity contribution in [1.29, 1.82) is 0 Å². The van der Waals surface area contributed by atoms with Crippen LogP contribution in [0.5, 0.6) is 5.75 Å². The predicted octanol–water partition coefficient (Wildman–Crippen LogP) is 3.95. The summed E-state index contributed by atoms with van der Waals surface area (Å²) in [6.45, 7) is 4.10. The molecule has 0 aromatic heterocycles. The van der Waals surface area contributed by atoms with Crippen LogP contribution in [0.4, 0.5) is 0 Å². The van der Waals surface area contributed by atoms with Crippen LogP contribution >= 0.6 is 0 Å². The van der Waals surface area contributed by atoms with Gasteiger partial charge in [-0.15, -0.1) is 0 Å². The number of nitrogens with one attached hydrogen (secondary N) is 1. The number of esters is 1. The predicted molar refractivity (Wildman–Crippen MR) is 105 cm³/mol. The third kappa shape index (κ3) is 4.41. The van der Waals surface area contributed by atoms with Crippen molar-refractivity contribution < 1.29 is 19.1 Å². The summed E-state index contributed by atoms with van der Waals surface area (Å²) in [4.78, 5) is 24.7. The molecule has 1 saturated carbocycles. The van der Waals surface area contributed by atoms with Crippen molar-refractivity contribution >= 4 is 22.6 Å². The molecule has 0 saturated heterocycles. The van der Waals surface area contributed by atoms with E-state index in [9.17, 15) is 9.59 Å². The van der Waals surface area contributed by atoms with E-state index in [4.69, 9.17) is 9.47 Å². The van der Waals surface area contributed by atoms with E-state index in [1.165, 1.54) is 13.5 Å². The Bertz CT molecular complexity index is 832. The number of amides is 1. The lowest BCUT2D eigenvalue weighted by molar-refractivity contribution is -0.125. The summed E-state index contributed by atoms with van der Waals surface area (Å²) in [5.74, 6) is 0.646. The van der Waals surface area contributed by atoms with Crippen molar-refractivity contribution in [3.63, 3.8) is 0 Å². The van der Waals surface area contributed by atoms with E-state index in [2.05, 4.69) is 19.2 Å². The van der Waals surface area contributed by atoms with Gasteiger partial charge in [0.15, 0.2) is 6.61 Å². The molecule has 1 fully saturated rings. The summed E-state index contributed by atoms with van der Waals surface area (Å²) in [5.41, 5.74) is 0.323. The van der Waals surface area contributed by atoms with E-state index in [0.717, 1.165) is 23.6 Å². The Morgan fingerprint density at radius 1 is 1.11 bits per heavy atom. The van der Waals surface area contributed by atoms with E-state index < -0.39 is 5.97 Å². The number of carbonyl (C=O) groups is 2. The Hall–Kier alpha value is -2.56. The second kappa shape index (κ2) is 8.42. The molecule has 2 aromatic carbocycles. The molecule has 0 aliphatic heterocycles. The molecule has 1 N–H and O–H groups in total. The third-order valence-electron chi connectivity index (χ3n) is 5.68. The van der Waals surface area contributed by atoms with E-state index in [1.54, 1.807) is 12.1 Å². The molecule has 0 heterocycles. The Balaban J connectivity index is 1.63. The first-order valence-corrected chi connectivity index (χ1v) is 9.53. The van der Waals surface area contributed by atoms with Gasteiger partial charge in [-0.05, 0) is 41.2 Å². The van der Waals surface area contributed by atoms with Gasteiger partial charge in [-0.2, -0.15) is 0 Å².